The molecule has 104 valence electrons. The van der Waals surface area contributed by atoms with Gasteiger partial charge >= 0.3 is 0 Å². The molecule has 1 aliphatic rings. The molecule has 0 unspecified atom stereocenters. The van der Waals surface area contributed by atoms with E-state index in [4.69, 9.17) is 5.11 Å². The first-order valence-corrected chi connectivity index (χ1v) is 7.59. The standard InChI is InChI=1S/C16H16BrNO2/c17-14-4-3-11-9-13(2-1-12(11)10-14)16(20)18(7-8-19)15-5-6-15/h1-4,9-10,15,19H,5-8H2. The molecule has 0 atom stereocenters. The highest BCUT2D eigenvalue weighted by Gasteiger charge is 2.32. The Morgan fingerprint density at radius 2 is 1.90 bits per heavy atom. The maximum atomic E-state index is 12.5. The van der Waals surface area contributed by atoms with E-state index >= 15 is 0 Å². The van der Waals surface area contributed by atoms with E-state index in [-0.39, 0.29) is 12.5 Å². The van der Waals surface area contributed by atoms with Crippen LogP contribution in [0.5, 0.6) is 0 Å². The average molecular weight is 334 g/mol. The van der Waals surface area contributed by atoms with Gasteiger partial charge in [-0.2, -0.15) is 0 Å². The summed E-state index contributed by atoms with van der Waals surface area (Å²) in [6.07, 6.45) is 2.10. The topological polar surface area (TPSA) is 40.5 Å². The SMILES string of the molecule is O=C(c1ccc2cc(Br)ccc2c1)N(CCO)C1CC1. The second-order valence-corrected chi connectivity index (χ2v) is 6.08. The van der Waals surface area contributed by atoms with Gasteiger partial charge < -0.3 is 10.0 Å². The van der Waals surface area contributed by atoms with Gasteiger partial charge in [-0.05, 0) is 47.9 Å². The number of carbonyl (C=O) groups is 1. The molecular formula is C16H16BrNO2. The van der Waals surface area contributed by atoms with Crippen LogP contribution in [0.4, 0.5) is 0 Å². The molecule has 0 saturated heterocycles. The molecule has 4 heteroatoms. The number of benzene rings is 2. The van der Waals surface area contributed by atoms with Crippen LogP contribution in [0.2, 0.25) is 0 Å². The Bertz CT molecular complexity index is 652. The molecule has 2 aromatic rings. The van der Waals surface area contributed by atoms with Crippen molar-refractivity contribution in [2.24, 2.45) is 0 Å². The van der Waals surface area contributed by atoms with Crippen LogP contribution in [0.3, 0.4) is 0 Å². The fourth-order valence-electron chi connectivity index (χ4n) is 2.46. The molecule has 3 rings (SSSR count). The first kappa shape index (κ1) is 13.6. The Labute approximate surface area is 126 Å². The molecule has 0 aromatic heterocycles. The summed E-state index contributed by atoms with van der Waals surface area (Å²) in [7, 11) is 0. The predicted octanol–water partition coefficient (Wildman–Crippen LogP) is 3.20. The van der Waals surface area contributed by atoms with Crippen LogP contribution in [0, 0.1) is 0 Å². The van der Waals surface area contributed by atoms with Crippen molar-refractivity contribution in [3.8, 4) is 0 Å². The van der Waals surface area contributed by atoms with Crippen LogP contribution in [-0.2, 0) is 0 Å². The summed E-state index contributed by atoms with van der Waals surface area (Å²) in [6.45, 7) is 0.435. The molecule has 0 spiro atoms. The van der Waals surface area contributed by atoms with Crippen molar-refractivity contribution in [3.05, 3.63) is 46.4 Å². The minimum atomic E-state index is 0.0166. The van der Waals surface area contributed by atoms with Crippen molar-refractivity contribution in [1.29, 1.82) is 0 Å². The van der Waals surface area contributed by atoms with Crippen LogP contribution in [0.1, 0.15) is 23.2 Å². The average Bonchev–Trinajstić information content (AvgIpc) is 3.28. The fraction of sp³-hybridized carbons (Fsp3) is 0.312. The number of carbonyl (C=O) groups excluding carboxylic acids is 1. The molecule has 0 bridgehead atoms. The summed E-state index contributed by atoms with van der Waals surface area (Å²) in [6, 6.07) is 12.1. The number of aliphatic hydroxyl groups is 1. The second kappa shape index (κ2) is 5.54. The van der Waals surface area contributed by atoms with E-state index in [1.807, 2.05) is 36.4 Å². The molecule has 1 amide bonds. The van der Waals surface area contributed by atoms with E-state index < -0.39 is 0 Å². The number of fused-ring (bicyclic) bond motifs is 1. The molecule has 1 fully saturated rings. The molecular weight excluding hydrogens is 318 g/mol. The normalized spacial score (nSPS) is 14.5. The number of amides is 1. The predicted molar refractivity (Wildman–Crippen MR) is 82.8 cm³/mol. The van der Waals surface area contributed by atoms with Gasteiger partial charge in [0, 0.05) is 22.6 Å². The van der Waals surface area contributed by atoms with Crippen LogP contribution < -0.4 is 0 Å². The summed E-state index contributed by atoms with van der Waals surface area (Å²) >= 11 is 3.45. The Morgan fingerprint density at radius 3 is 2.60 bits per heavy atom. The van der Waals surface area contributed by atoms with Gasteiger partial charge in [0.05, 0.1) is 6.61 Å². The summed E-state index contributed by atoms with van der Waals surface area (Å²) in [4.78, 5) is 14.3. The van der Waals surface area contributed by atoms with Gasteiger partial charge in [-0.3, -0.25) is 4.79 Å². The quantitative estimate of drug-likeness (QED) is 0.933. The van der Waals surface area contributed by atoms with E-state index in [0.717, 1.165) is 28.1 Å². The largest absolute Gasteiger partial charge is 0.395 e. The third-order valence-electron chi connectivity index (χ3n) is 3.64. The van der Waals surface area contributed by atoms with Crippen LogP contribution in [-0.4, -0.2) is 35.1 Å². The highest BCUT2D eigenvalue weighted by Crippen LogP contribution is 2.29. The molecule has 1 saturated carbocycles. The Hall–Kier alpha value is -1.39. The van der Waals surface area contributed by atoms with E-state index in [1.54, 1.807) is 4.90 Å². The van der Waals surface area contributed by atoms with Crippen molar-refractivity contribution >= 4 is 32.6 Å². The lowest BCUT2D eigenvalue weighted by Gasteiger charge is -2.21. The zero-order valence-corrected chi connectivity index (χ0v) is 12.6. The van der Waals surface area contributed by atoms with Gasteiger partial charge in [-0.25, -0.2) is 0 Å². The minimum absolute atomic E-state index is 0.0166. The van der Waals surface area contributed by atoms with Crippen LogP contribution >= 0.6 is 15.9 Å². The van der Waals surface area contributed by atoms with Crippen LogP contribution in [0.15, 0.2) is 40.9 Å². The van der Waals surface area contributed by atoms with Gasteiger partial charge in [0.25, 0.3) is 5.91 Å². The number of hydrogen-bond donors (Lipinski definition) is 1. The van der Waals surface area contributed by atoms with Gasteiger partial charge in [-0.1, -0.05) is 28.1 Å². The third kappa shape index (κ3) is 2.72. The van der Waals surface area contributed by atoms with Crippen molar-refractivity contribution in [2.45, 2.75) is 18.9 Å². The third-order valence-corrected chi connectivity index (χ3v) is 4.13. The van der Waals surface area contributed by atoms with Gasteiger partial charge in [0.2, 0.25) is 0 Å². The number of aliphatic hydroxyl groups excluding tert-OH is 1. The minimum Gasteiger partial charge on any atom is -0.395 e. The Kier molecular flexibility index (Phi) is 3.76. The van der Waals surface area contributed by atoms with Crippen molar-refractivity contribution in [3.63, 3.8) is 0 Å². The smallest absolute Gasteiger partial charge is 0.254 e. The lowest BCUT2D eigenvalue weighted by Crippen LogP contribution is -2.35. The first-order valence-electron chi connectivity index (χ1n) is 6.80. The lowest BCUT2D eigenvalue weighted by molar-refractivity contribution is 0.0708. The first-order chi connectivity index (χ1) is 9.69. The monoisotopic (exact) mass is 333 g/mol. The van der Waals surface area contributed by atoms with E-state index in [9.17, 15) is 4.79 Å². The summed E-state index contributed by atoms with van der Waals surface area (Å²) in [5.41, 5.74) is 0.695. The highest BCUT2D eigenvalue weighted by molar-refractivity contribution is 9.10. The Morgan fingerprint density at radius 1 is 1.20 bits per heavy atom. The van der Waals surface area contributed by atoms with E-state index in [2.05, 4.69) is 15.9 Å². The van der Waals surface area contributed by atoms with Crippen LogP contribution in [0.25, 0.3) is 10.8 Å². The number of nitrogens with zero attached hydrogens (tertiary/aromatic N) is 1. The zero-order chi connectivity index (χ0) is 14.1. The molecule has 2 aromatic carbocycles. The van der Waals surface area contributed by atoms with Gasteiger partial charge in [-0.15, -0.1) is 0 Å². The molecule has 1 N–H and O–H groups in total. The van der Waals surface area contributed by atoms with E-state index in [1.165, 1.54) is 0 Å². The van der Waals surface area contributed by atoms with Gasteiger partial charge in [0.1, 0.15) is 0 Å². The molecule has 3 nitrogen and oxygen atoms in total. The zero-order valence-electron chi connectivity index (χ0n) is 11.1. The van der Waals surface area contributed by atoms with Crippen molar-refractivity contribution in [2.75, 3.05) is 13.2 Å². The fourth-order valence-corrected chi connectivity index (χ4v) is 2.84. The number of halogens is 1. The highest BCUT2D eigenvalue weighted by atomic mass is 79.9. The van der Waals surface area contributed by atoms with Gasteiger partial charge in [0.15, 0.2) is 0 Å². The maximum absolute atomic E-state index is 12.5. The lowest BCUT2D eigenvalue weighted by atomic mass is 10.1. The van der Waals surface area contributed by atoms with Crippen molar-refractivity contribution in [1.82, 2.24) is 4.90 Å². The van der Waals surface area contributed by atoms with Crippen molar-refractivity contribution < 1.29 is 9.90 Å². The second-order valence-electron chi connectivity index (χ2n) is 5.16. The number of rotatable bonds is 4. The summed E-state index contributed by atoms with van der Waals surface area (Å²) < 4.78 is 1.03. The molecule has 0 aliphatic heterocycles. The summed E-state index contributed by atoms with van der Waals surface area (Å²) in [5.74, 6) is 0.0198. The number of hydrogen-bond acceptors (Lipinski definition) is 2. The summed E-state index contributed by atoms with van der Waals surface area (Å²) in [5, 5.41) is 11.3. The molecule has 0 heterocycles. The molecule has 20 heavy (non-hydrogen) atoms. The maximum Gasteiger partial charge on any atom is 0.254 e. The van der Waals surface area contributed by atoms with E-state index in [0.29, 0.717) is 18.2 Å². The molecule has 1 aliphatic carbocycles. The Balaban J connectivity index is 1.92. The molecule has 0 radical (unpaired) electrons.